The molecular formula is C18H22N4S. The van der Waals surface area contributed by atoms with Crippen molar-refractivity contribution in [2.75, 3.05) is 13.1 Å². The van der Waals surface area contributed by atoms with Gasteiger partial charge in [-0.25, -0.2) is 0 Å². The SMILES string of the molecule is C1CC[NH2+]CC1.N#Cc1ccc(C2C=CNC([S-])C2C#N)cc1. The average molecular weight is 326 g/mol. The van der Waals surface area contributed by atoms with Crippen LogP contribution in [0.5, 0.6) is 0 Å². The quantitative estimate of drug-likeness (QED) is 0.767. The fourth-order valence-electron chi connectivity index (χ4n) is 2.81. The van der Waals surface area contributed by atoms with E-state index in [0.717, 1.165) is 5.56 Å². The number of nitriles is 2. The van der Waals surface area contributed by atoms with E-state index in [1.807, 2.05) is 18.2 Å². The third-order valence-electron chi connectivity index (χ3n) is 4.17. The zero-order valence-electron chi connectivity index (χ0n) is 13.1. The summed E-state index contributed by atoms with van der Waals surface area (Å²) in [5, 5.41) is 23.0. The summed E-state index contributed by atoms with van der Waals surface area (Å²) in [5.74, 6) is -0.264. The Hall–Kier alpha value is -1.95. The van der Waals surface area contributed by atoms with Gasteiger partial charge in [-0.1, -0.05) is 23.6 Å². The number of rotatable bonds is 1. The minimum Gasteiger partial charge on any atom is -0.767 e. The molecule has 1 aromatic carbocycles. The van der Waals surface area contributed by atoms with Crippen LogP contribution < -0.4 is 10.6 Å². The Bertz CT molecular complexity index is 581. The van der Waals surface area contributed by atoms with Crippen molar-refractivity contribution in [2.24, 2.45) is 5.92 Å². The third-order valence-corrected chi connectivity index (χ3v) is 4.60. The topological polar surface area (TPSA) is 76.2 Å². The molecule has 0 amide bonds. The first-order chi connectivity index (χ1) is 11.3. The first kappa shape index (κ1) is 17.4. The van der Waals surface area contributed by atoms with E-state index < -0.39 is 0 Å². The van der Waals surface area contributed by atoms with Gasteiger partial charge in [0.25, 0.3) is 0 Å². The van der Waals surface area contributed by atoms with E-state index in [1.165, 1.54) is 32.4 Å². The van der Waals surface area contributed by atoms with Gasteiger partial charge in [0.05, 0.1) is 36.7 Å². The smallest absolute Gasteiger partial charge is 0.0991 e. The standard InChI is InChI=1S/C13H11N3S.C5H11N/c14-7-9-1-3-10(4-2-9)11-5-6-16-13(17)12(11)8-15;1-2-4-6-5-3-1/h1-6,11-13,16-17H;6H,1-5H2. The molecule has 23 heavy (non-hydrogen) atoms. The highest BCUT2D eigenvalue weighted by atomic mass is 32.1. The molecule has 5 heteroatoms. The first-order valence-electron chi connectivity index (χ1n) is 8.06. The van der Waals surface area contributed by atoms with Crippen LogP contribution in [0.1, 0.15) is 36.3 Å². The molecule has 0 aliphatic carbocycles. The second-order valence-electron chi connectivity index (χ2n) is 5.79. The lowest BCUT2D eigenvalue weighted by atomic mass is 9.84. The van der Waals surface area contributed by atoms with E-state index in [-0.39, 0.29) is 17.2 Å². The molecule has 2 aliphatic heterocycles. The normalized spacial score (nSPS) is 26.0. The Morgan fingerprint density at radius 1 is 1.09 bits per heavy atom. The van der Waals surface area contributed by atoms with Crippen LogP contribution in [-0.2, 0) is 12.6 Å². The van der Waals surface area contributed by atoms with Crippen molar-refractivity contribution in [3.63, 3.8) is 0 Å². The number of quaternary nitrogens is 1. The van der Waals surface area contributed by atoms with Gasteiger partial charge in [0.1, 0.15) is 0 Å². The molecule has 0 bridgehead atoms. The van der Waals surface area contributed by atoms with Crippen LogP contribution >= 0.6 is 0 Å². The largest absolute Gasteiger partial charge is 0.767 e. The van der Waals surface area contributed by atoms with E-state index in [1.54, 1.807) is 18.3 Å². The van der Waals surface area contributed by atoms with Crippen molar-refractivity contribution in [3.05, 3.63) is 47.7 Å². The molecule has 0 saturated carbocycles. The summed E-state index contributed by atoms with van der Waals surface area (Å²) in [6, 6.07) is 11.6. The highest BCUT2D eigenvalue weighted by Gasteiger charge is 2.24. The fourth-order valence-corrected chi connectivity index (χ4v) is 3.12. The van der Waals surface area contributed by atoms with E-state index in [9.17, 15) is 0 Å². The molecule has 1 saturated heterocycles. The Morgan fingerprint density at radius 2 is 1.78 bits per heavy atom. The van der Waals surface area contributed by atoms with Crippen molar-refractivity contribution in [1.82, 2.24) is 5.32 Å². The van der Waals surface area contributed by atoms with Crippen molar-refractivity contribution >= 4 is 12.6 Å². The van der Waals surface area contributed by atoms with Crippen molar-refractivity contribution < 1.29 is 5.32 Å². The van der Waals surface area contributed by atoms with Crippen LogP contribution in [0.25, 0.3) is 0 Å². The summed E-state index contributed by atoms with van der Waals surface area (Å²) in [5.41, 5.74) is 1.64. The molecule has 3 N–H and O–H groups in total. The summed E-state index contributed by atoms with van der Waals surface area (Å²) >= 11 is 5.20. The maximum atomic E-state index is 9.15. The van der Waals surface area contributed by atoms with Gasteiger partial charge in [0.15, 0.2) is 0 Å². The number of piperidine rings is 1. The molecule has 2 heterocycles. The van der Waals surface area contributed by atoms with Gasteiger partial charge >= 0.3 is 0 Å². The summed E-state index contributed by atoms with van der Waals surface area (Å²) in [4.78, 5) is 0. The summed E-state index contributed by atoms with van der Waals surface area (Å²) in [6.45, 7) is 2.75. The van der Waals surface area contributed by atoms with Gasteiger partial charge in [-0.15, -0.1) is 0 Å². The molecule has 1 aromatic rings. The van der Waals surface area contributed by atoms with Crippen LogP contribution in [0.15, 0.2) is 36.5 Å². The van der Waals surface area contributed by atoms with Gasteiger partial charge in [-0.3, -0.25) is 0 Å². The van der Waals surface area contributed by atoms with Crippen LogP contribution in [-0.4, -0.2) is 18.5 Å². The Balaban J connectivity index is 0.000000268. The van der Waals surface area contributed by atoms with E-state index >= 15 is 0 Å². The predicted octanol–water partition coefficient (Wildman–Crippen LogP) is 1.51. The second kappa shape index (κ2) is 9.25. The molecule has 3 atom stereocenters. The second-order valence-corrected chi connectivity index (χ2v) is 6.30. The van der Waals surface area contributed by atoms with Gasteiger partial charge in [0.2, 0.25) is 0 Å². The number of hydrogen-bond acceptors (Lipinski definition) is 4. The van der Waals surface area contributed by atoms with Crippen LogP contribution in [0.3, 0.4) is 0 Å². The third kappa shape index (κ3) is 5.03. The van der Waals surface area contributed by atoms with Gasteiger partial charge in [-0.2, -0.15) is 10.5 Å². The summed E-state index contributed by atoms with van der Waals surface area (Å²) in [6.07, 6.45) is 8.10. The maximum Gasteiger partial charge on any atom is 0.0991 e. The average Bonchev–Trinajstić information content (AvgIpc) is 2.63. The summed E-state index contributed by atoms with van der Waals surface area (Å²) < 4.78 is 0. The van der Waals surface area contributed by atoms with Crippen LogP contribution in [0.4, 0.5) is 0 Å². The summed E-state index contributed by atoms with van der Waals surface area (Å²) in [7, 11) is 0. The van der Waals surface area contributed by atoms with Crippen LogP contribution in [0.2, 0.25) is 0 Å². The highest BCUT2D eigenvalue weighted by Crippen LogP contribution is 2.30. The molecule has 0 aromatic heterocycles. The minimum absolute atomic E-state index is 0.00325. The molecule has 0 spiro atoms. The van der Waals surface area contributed by atoms with Crippen molar-refractivity contribution in [2.45, 2.75) is 30.6 Å². The Kier molecular flexibility index (Phi) is 7.00. The minimum atomic E-state index is -0.273. The van der Waals surface area contributed by atoms with Crippen molar-refractivity contribution in [3.8, 4) is 12.1 Å². The predicted molar refractivity (Wildman–Crippen MR) is 91.9 cm³/mol. The zero-order chi connectivity index (χ0) is 16.5. The van der Waals surface area contributed by atoms with Gasteiger partial charge in [-0.05, 0) is 43.2 Å². The Morgan fingerprint density at radius 3 is 2.26 bits per heavy atom. The molecule has 2 aliphatic rings. The monoisotopic (exact) mass is 326 g/mol. The fraction of sp³-hybridized carbons (Fsp3) is 0.444. The number of nitrogens with two attached hydrogens (primary N) is 1. The number of nitrogens with zero attached hydrogens (tertiary/aromatic N) is 2. The molecule has 4 nitrogen and oxygen atoms in total. The number of nitrogens with one attached hydrogen (secondary N) is 1. The lowest BCUT2D eigenvalue weighted by Crippen LogP contribution is -2.85. The molecule has 3 rings (SSSR count). The lowest BCUT2D eigenvalue weighted by molar-refractivity contribution is -0.662. The van der Waals surface area contributed by atoms with Crippen LogP contribution in [0, 0.1) is 28.6 Å². The highest BCUT2D eigenvalue weighted by molar-refractivity contribution is 7.59. The Labute approximate surface area is 143 Å². The molecule has 0 radical (unpaired) electrons. The van der Waals surface area contributed by atoms with E-state index in [0.29, 0.717) is 5.56 Å². The van der Waals surface area contributed by atoms with Gasteiger partial charge < -0.3 is 23.3 Å². The van der Waals surface area contributed by atoms with Gasteiger partial charge in [0, 0.05) is 5.92 Å². The number of benzene rings is 1. The molecular weight excluding hydrogens is 304 g/mol. The zero-order valence-corrected chi connectivity index (χ0v) is 13.9. The maximum absolute atomic E-state index is 9.15. The molecule has 1 fully saturated rings. The molecule has 3 unspecified atom stereocenters. The number of hydrogen-bond donors (Lipinski definition) is 2. The van der Waals surface area contributed by atoms with E-state index in [2.05, 4.69) is 22.8 Å². The lowest BCUT2D eigenvalue weighted by Gasteiger charge is -2.36. The van der Waals surface area contributed by atoms with Crippen molar-refractivity contribution in [1.29, 1.82) is 10.5 Å². The first-order valence-corrected chi connectivity index (χ1v) is 8.53. The molecule has 120 valence electrons. The number of allylic oxidation sites excluding steroid dienone is 1. The van der Waals surface area contributed by atoms with E-state index in [4.69, 9.17) is 23.2 Å².